The van der Waals surface area contributed by atoms with Crippen LogP contribution >= 0.6 is 0 Å². The Morgan fingerprint density at radius 2 is 1.63 bits per heavy atom. The standard InChI is InChI=1S/C19H15F3N4O/c20-15-3-2-11(6-16(15)27-10-17(21)22)13-7-14(13)12-8-25-19(26-9-12)18-23-4-1-5-24-18/h1-6,8-9,13-14,17H,7,10H2/t13-,14-/m0/s1. The first-order valence-corrected chi connectivity index (χ1v) is 8.41. The van der Waals surface area contributed by atoms with Gasteiger partial charge in [0.25, 0.3) is 6.43 Å². The molecule has 1 aliphatic rings. The minimum absolute atomic E-state index is 0.147. The predicted octanol–water partition coefficient (Wildman–Crippen LogP) is 3.99. The third-order valence-corrected chi connectivity index (χ3v) is 4.40. The van der Waals surface area contributed by atoms with Crippen LogP contribution in [-0.4, -0.2) is 33.0 Å². The van der Waals surface area contributed by atoms with Crippen LogP contribution in [0, 0.1) is 5.82 Å². The Hall–Kier alpha value is -3.03. The van der Waals surface area contributed by atoms with Crippen LogP contribution in [0.25, 0.3) is 11.6 Å². The molecule has 1 aliphatic carbocycles. The molecule has 0 radical (unpaired) electrons. The van der Waals surface area contributed by atoms with E-state index in [1.807, 2.05) is 0 Å². The highest BCUT2D eigenvalue weighted by molar-refractivity contribution is 5.44. The molecule has 5 nitrogen and oxygen atoms in total. The van der Waals surface area contributed by atoms with Crippen LogP contribution in [0.2, 0.25) is 0 Å². The van der Waals surface area contributed by atoms with E-state index >= 15 is 0 Å². The Morgan fingerprint density at radius 3 is 2.33 bits per heavy atom. The zero-order valence-electron chi connectivity index (χ0n) is 14.1. The zero-order valence-corrected chi connectivity index (χ0v) is 14.1. The number of aromatic nitrogens is 4. The van der Waals surface area contributed by atoms with Crippen LogP contribution in [0.3, 0.4) is 0 Å². The molecule has 8 heteroatoms. The quantitative estimate of drug-likeness (QED) is 0.655. The fourth-order valence-corrected chi connectivity index (χ4v) is 3.01. The molecule has 2 atom stereocenters. The molecule has 27 heavy (non-hydrogen) atoms. The molecule has 0 aliphatic heterocycles. The average Bonchev–Trinajstić information content (AvgIpc) is 3.49. The van der Waals surface area contributed by atoms with Crippen molar-refractivity contribution in [3.05, 3.63) is 66.0 Å². The molecular formula is C19H15F3N4O. The minimum atomic E-state index is -2.65. The van der Waals surface area contributed by atoms with Gasteiger partial charge in [-0.2, -0.15) is 0 Å². The Kier molecular flexibility index (Phi) is 4.70. The lowest BCUT2D eigenvalue weighted by Crippen LogP contribution is -2.08. The van der Waals surface area contributed by atoms with Crippen LogP contribution in [0.1, 0.15) is 29.4 Å². The minimum Gasteiger partial charge on any atom is -0.485 e. The monoisotopic (exact) mass is 372 g/mol. The molecular weight excluding hydrogens is 357 g/mol. The Labute approximate surface area is 153 Å². The number of alkyl halides is 2. The van der Waals surface area contributed by atoms with Gasteiger partial charge in [-0.25, -0.2) is 33.1 Å². The normalized spacial score (nSPS) is 18.5. The number of ether oxygens (including phenoxy) is 1. The Bertz CT molecular complexity index is 922. The maximum atomic E-state index is 13.7. The molecule has 1 aromatic carbocycles. The lowest BCUT2D eigenvalue weighted by molar-refractivity contribution is 0.0798. The summed E-state index contributed by atoms with van der Waals surface area (Å²) in [5, 5.41) is 0. The molecule has 2 heterocycles. The van der Waals surface area contributed by atoms with Gasteiger partial charge < -0.3 is 4.74 Å². The van der Waals surface area contributed by atoms with Crippen LogP contribution in [-0.2, 0) is 0 Å². The number of hydrogen-bond donors (Lipinski definition) is 0. The Balaban J connectivity index is 1.47. The third kappa shape index (κ3) is 3.89. The van der Waals surface area contributed by atoms with Gasteiger partial charge in [0.2, 0.25) is 0 Å². The van der Waals surface area contributed by atoms with Crippen LogP contribution in [0.5, 0.6) is 5.75 Å². The summed E-state index contributed by atoms with van der Waals surface area (Å²) in [5.74, 6) is 0.460. The van der Waals surface area contributed by atoms with E-state index in [2.05, 4.69) is 19.9 Å². The van der Waals surface area contributed by atoms with Gasteiger partial charge in [-0.15, -0.1) is 0 Å². The summed E-state index contributed by atoms with van der Waals surface area (Å²) >= 11 is 0. The van der Waals surface area contributed by atoms with Crippen molar-refractivity contribution >= 4 is 0 Å². The van der Waals surface area contributed by atoms with E-state index in [-0.39, 0.29) is 17.6 Å². The van der Waals surface area contributed by atoms with E-state index in [9.17, 15) is 13.2 Å². The summed E-state index contributed by atoms with van der Waals surface area (Å²) < 4.78 is 43.2. The zero-order chi connectivity index (χ0) is 18.8. The molecule has 0 amide bonds. The number of rotatable bonds is 6. The van der Waals surface area contributed by atoms with Crippen molar-refractivity contribution in [2.75, 3.05) is 6.61 Å². The molecule has 0 N–H and O–H groups in total. The summed E-state index contributed by atoms with van der Waals surface area (Å²) in [6.45, 7) is -0.828. The summed E-state index contributed by atoms with van der Waals surface area (Å²) in [6, 6.07) is 6.12. The number of hydrogen-bond acceptors (Lipinski definition) is 5. The smallest absolute Gasteiger partial charge is 0.272 e. The lowest BCUT2D eigenvalue weighted by atomic mass is 10.1. The first-order chi connectivity index (χ1) is 13.1. The second kappa shape index (κ2) is 7.30. The number of halogens is 3. The second-order valence-electron chi connectivity index (χ2n) is 6.25. The van der Waals surface area contributed by atoms with E-state index in [1.54, 1.807) is 36.9 Å². The molecule has 3 aromatic rings. The van der Waals surface area contributed by atoms with Crippen LogP contribution < -0.4 is 4.74 Å². The summed E-state index contributed by atoms with van der Waals surface area (Å²) in [6.07, 6.45) is 4.93. The van der Waals surface area contributed by atoms with E-state index in [4.69, 9.17) is 4.74 Å². The van der Waals surface area contributed by atoms with Crippen molar-refractivity contribution in [1.29, 1.82) is 0 Å². The van der Waals surface area contributed by atoms with E-state index in [0.717, 1.165) is 17.5 Å². The summed E-state index contributed by atoms with van der Waals surface area (Å²) in [5.41, 5.74) is 1.81. The Morgan fingerprint density at radius 1 is 0.963 bits per heavy atom. The highest BCUT2D eigenvalue weighted by Gasteiger charge is 2.40. The first-order valence-electron chi connectivity index (χ1n) is 8.41. The third-order valence-electron chi connectivity index (χ3n) is 4.40. The van der Waals surface area contributed by atoms with Crippen molar-refractivity contribution in [2.45, 2.75) is 24.7 Å². The fourth-order valence-electron chi connectivity index (χ4n) is 3.01. The fraction of sp³-hybridized carbons (Fsp3) is 0.263. The topological polar surface area (TPSA) is 60.8 Å². The second-order valence-corrected chi connectivity index (χ2v) is 6.25. The van der Waals surface area contributed by atoms with Gasteiger partial charge >= 0.3 is 0 Å². The van der Waals surface area contributed by atoms with Crippen molar-refractivity contribution in [3.63, 3.8) is 0 Å². The number of benzene rings is 1. The van der Waals surface area contributed by atoms with E-state index < -0.39 is 18.8 Å². The molecule has 1 fully saturated rings. The van der Waals surface area contributed by atoms with Crippen molar-refractivity contribution in [2.24, 2.45) is 0 Å². The summed E-state index contributed by atoms with van der Waals surface area (Å²) in [7, 11) is 0. The van der Waals surface area contributed by atoms with Gasteiger partial charge in [0.05, 0.1) is 0 Å². The van der Waals surface area contributed by atoms with E-state index in [0.29, 0.717) is 11.6 Å². The predicted molar refractivity (Wildman–Crippen MR) is 91.1 cm³/mol. The lowest BCUT2D eigenvalue weighted by Gasteiger charge is -2.09. The maximum absolute atomic E-state index is 13.7. The molecule has 0 bridgehead atoms. The summed E-state index contributed by atoms with van der Waals surface area (Å²) in [4.78, 5) is 16.9. The molecule has 4 rings (SSSR count). The van der Waals surface area contributed by atoms with Crippen molar-refractivity contribution in [3.8, 4) is 17.4 Å². The van der Waals surface area contributed by atoms with Gasteiger partial charge in [0.15, 0.2) is 23.2 Å². The van der Waals surface area contributed by atoms with Gasteiger partial charge in [0, 0.05) is 24.8 Å². The average molecular weight is 372 g/mol. The van der Waals surface area contributed by atoms with Crippen LogP contribution in [0.4, 0.5) is 13.2 Å². The molecule has 0 unspecified atom stereocenters. The van der Waals surface area contributed by atoms with Gasteiger partial charge in [-0.1, -0.05) is 6.07 Å². The molecule has 138 valence electrons. The molecule has 1 saturated carbocycles. The SMILES string of the molecule is Fc1ccc([C@@H]2C[C@H]2c2cnc(-c3ncccn3)nc2)cc1OCC(F)F. The number of nitrogens with zero attached hydrogens (tertiary/aromatic N) is 4. The highest BCUT2D eigenvalue weighted by Crippen LogP contribution is 2.54. The molecule has 0 spiro atoms. The van der Waals surface area contributed by atoms with Gasteiger partial charge in [-0.05, 0) is 47.6 Å². The van der Waals surface area contributed by atoms with Crippen molar-refractivity contribution < 1.29 is 17.9 Å². The highest BCUT2D eigenvalue weighted by atomic mass is 19.3. The van der Waals surface area contributed by atoms with E-state index in [1.165, 1.54) is 12.1 Å². The van der Waals surface area contributed by atoms with Gasteiger partial charge in [-0.3, -0.25) is 0 Å². The van der Waals surface area contributed by atoms with Gasteiger partial charge in [0.1, 0.15) is 6.61 Å². The molecule has 0 saturated heterocycles. The van der Waals surface area contributed by atoms with Crippen LogP contribution in [0.15, 0.2) is 49.1 Å². The molecule has 2 aromatic heterocycles. The largest absolute Gasteiger partial charge is 0.485 e. The maximum Gasteiger partial charge on any atom is 0.272 e. The first kappa shape index (κ1) is 17.4. The van der Waals surface area contributed by atoms with Crippen molar-refractivity contribution in [1.82, 2.24) is 19.9 Å².